The maximum absolute atomic E-state index is 5.89. The normalized spacial score (nSPS) is 10.6. The molecule has 1 aromatic heterocycles. The lowest BCUT2D eigenvalue weighted by Crippen LogP contribution is -2.12. The van der Waals surface area contributed by atoms with Crippen LogP contribution in [0.3, 0.4) is 0 Å². The first-order valence-corrected chi connectivity index (χ1v) is 6.73. The summed E-state index contributed by atoms with van der Waals surface area (Å²) in [5.74, 6) is 0. The fourth-order valence-electron chi connectivity index (χ4n) is 1.72. The average Bonchev–Trinajstić information content (AvgIpc) is 2.80. The first kappa shape index (κ1) is 12.1. The summed E-state index contributed by atoms with van der Waals surface area (Å²) >= 11 is 1.88. The second-order valence-electron chi connectivity index (χ2n) is 4.02. The lowest BCUT2D eigenvalue weighted by molar-refractivity contribution is 0.702. The molecule has 3 N–H and O–H groups in total. The highest BCUT2D eigenvalue weighted by molar-refractivity contribution is 7.11. The van der Waals surface area contributed by atoms with Crippen LogP contribution in [0.2, 0.25) is 0 Å². The van der Waals surface area contributed by atoms with Crippen molar-refractivity contribution in [1.29, 1.82) is 0 Å². The lowest BCUT2D eigenvalue weighted by atomic mass is 10.2. The number of para-hydroxylation sites is 1. The number of rotatable bonds is 5. The number of hydrogen-bond acceptors (Lipinski definition) is 3. The van der Waals surface area contributed by atoms with Gasteiger partial charge in [0, 0.05) is 28.5 Å². The molecule has 2 nitrogen and oxygen atoms in total. The highest BCUT2D eigenvalue weighted by atomic mass is 32.1. The monoisotopic (exact) mass is 246 g/mol. The van der Waals surface area contributed by atoms with E-state index in [1.807, 2.05) is 29.5 Å². The molecule has 0 bridgehead atoms. The minimum atomic E-state index is 0.825. The van der Waals surface area contributed by atoms with E-state index in [-0.39, 0.29) is 0 Å². The molecule has 0 atom stereocenters. The first-order valence-electron chi connectivity index (χ1n) is 5.91. The first-order chi connectivity index (χ1) is 8.29. The Kier molecular flexibility index (Phi) is 4.18. The molecule has 90 valence electrons. The molecular weight excluding hydrogens is 228 g/mol. The molecule has 0 aliphatic rings. The summed E-state index contributed by atoms with van der Waals surface area (Å²) in [5.41, 5.74) is 7.92. The molecule has 0 unspecified atom stereocenters. The van der Waals surface area contributed by atoms with E-state index < -0.39 is 0 Å². The number of anilines is 1. The smallest absolute Gasteiger partial charge is 0.0359 e. The van der Waals surface area contributed by atoms with E-state index >= 15 is 0 Å². The van der Waals surface area contributed by atoms with Gasteiger partial charge in [0.15, 0.2) is 0 Å². The van der Waals surface area contributed by atoms with Crippen molar-refractivity contribution in [2.75, 3.05) is 5.73 Å². The van der Waals surface area contributed by atoms with Crippen LogP contribution < -0.4 is 11.1 Å². The number of nitrogens with two attached hydrogens (primary N) is 1. The van der Waals surface area contributed by atoms with Crippen LogP contribution in [0, 0.1) is 0 Å². The molecule has 17 heavy (non-hydrogen) atoms. The van der Waals surface area contributed by atoms with Crippen molar-refractivity contribution < 1.29 is 0 Å². The van der Waals surface area contributed by atoms with Gasteiger partial charge in [-0.15, -0.1) is 11.3 Å². The Balaban J connectivity index is 1.85. The zero-order valence-electron chi connectivity index (χ0n) is 10.1. The predicted molar refractivity (Wildman–Crippen MR) is 75.1 cm³/mol. The van der Waals surface area contributed by atoms with Gasteiger partial charge < -0.3 is 11.1 Å². The highest BCUT2D eigenvalue weighted by Gasteiger charge is 2.00. The van der Waals surface area contributed by atoms with Gasteiger partial charge in [0.1, 0.15) is 0 Å². The van der Waals surface area contributed by atoms with Crippen LogP contribution in [0.4, 0.5) is 5.69 Å². The average molecular weight is 246 g/mol. The van der Waals surface area contributed by atoms with Gasteiger partial charge in [0.25, 0.3) is 0 Å². The Hall–Kier alpha value is -1.32. The van der Waals surface area contributed by atoms with Crippen LogP contribution in [0.25, 0.3) is 0 Å². The second-order valence-corrected chi connectivity index (χ2v) is 5.28. The van der Waals surface area contributed by atoms with E-state index in [1.165, 1.54) is 15.3 Å². The molecule has 1 heterocycles. The summed E-state index contributed by atoms with van der Waals surface area (Å²) < 4.78 is 0. The number of nitrogen functional groups attached to an aromatic ring is 1. The number of thiophene rings is 1. The fraction of sp³-hybridized carbons (Fsp3) is 0.286. The van der Waals surface area contributed by atoms with Gasteiger partial charge in [-0.25, -0.2) is 0 Å². The maximum atomic E-state index is 5.89. The third-order valence-electron chi connectivity index (χ3n) is 2.74. The third kappa shape index (κ3) is 3.32. The van der Waals surface area contributed by atoms with E-state index in [4.69, 9.17) is 5.73 Å². The SMILES string of the molecule is CCc1ccc(CNCc2ccccc2N)s1. The lowest BCUT2D eigenvalue weighted by Gasteiger charge is -2.06. The van der Waals surface area contributed by atoms with Crippen molar-refractivity contribution in [1.82, 2.24) is 5.32 Å². The van der Waals surface area contributed by atoms with Gasteiger partial charge in [-0.3, -0.25) is 0 Å². The van der Waals surface area contributed by atoms with Gasteiger partial charge in [0.2, 0.25) is 0 Å². The molecule has 0 saturated carbocycles. The van der Waals surface area contributed by atoms with Gasteiger partial charge >= 0.3 is 0 Å². The molecule has 0 aliphatic heterocycles. The van der Waals surface area contributed by atoms with Crippen molar-refractivity contribution >= 4 is 17.0 Å². The summed E-state index contributed by atoms with van der Waals surface area (Å²) in [7, 11) is 0. The molecule has 0 fully saturated rings. The van der Waals surface area contributed by atoms with Crippen LogP contribution in [-0.4, -0.2) is 0 Å². The van der Waals surface area contributed by atoms with Crippen molar-refractivity contribution in [3.8, 4) is 0 Å². The van der Waals surface area contributed by atoms with Crippen molar-refractivity contribution in [3.05, 3.63) is 51.7 Å². The molecule has 2 aromatic rings. The van der Waals surface area contributed by atoms with E-state index in [9.17, 15) is 0 Å². The Morgan fingerprint density at radius 1 is 1.06 bits per heavy atom. The van der Waals surface area contributed by atoms with Crippen LogP contribution in [-0.2, 0) is 19.5 Å². The Morgan fingerprint density at radius 2 is 1.82 bits per heavy atom. The topological polar surface area (TPSA) is 38.0 Å². The van der Waals surface area contributed by atoms with Gasteiger partial charge in [-0.2, -0.15) is 0 Å². The zero-order chi connectivity index (χ0) is 12.1. The molecule has 3 heteroatoms. The van der Waals surface area contributed by atoms with E-state index in [0.29, 0.717) is 0 Å². The maximum Gasteiger partial charge on any atom is 0.0359 e. The van der Waals surface area contributed by atoms with Gasteiger partial charge in [-0.05, 0) is 30.2 Å². The Labute approximate surface area is 106 Å². The second kappa shape index (κ2) is 5.84. The number of nitrogens with one attached hydrogen (secondary N) is 1. The van der Waals surface area contributed by atoms with Crippen LogP contribution in [0.5, 0.6) is 0 Å². The van der Waals surface area contributed by atoms with Gasteiger partial charge in [-0.1, -0.05) is 25.1 Å². The number of benzene rings is 1. The predicted octanol–water partition coefficient (Wildman–Crippen LogP) is 3.18. The number of hydrogen-bond donors (Lipinski definition) is 2. The van der Waals surface area contributed by atoms with E-state index in [2.05, 4.69) is 30.4 Å². The van der Waals surface area contributed by atoms with E-state index in [1.54, 1.807) is 0 Å². The Morgan fingerprint density at radius 3 is 2.53 bits per heavy atom. The molecule has 0 amide bonds. The minimum Gasteiger partial charge on any atom is -0.398 e. The summed E-state index contributed by atoms with van der Waals surface area (Å²) in [6, 6.07) is 12.4. The zero-order valence-corrected chi connectivity index (χ0v) is 10.9. The molecule has 1 aromatic carbocycles. The highest BCUT2D eigenvalue weighted by Crippen LogP contribution is 2.17. The minimum absolute atomic E-state index is 0.825. The fourth-order valence-corrected chi connectivity index (χ4v) is 2.65. The summed E-state index contributed by atoms with van der Waals surface area (Å²) in [5, 5.41) is 3.43. The van der Waals surface area contributed by atoms with E-state index in [0.717, 1.165) is 25.2 Å². The number of aryl methyl sites for hydroxylation is 1. The molecule has 0 aliphatic carbocycles. The molecular formula is C14H18N2S. The quantitative estimate of drug-likeness (QED) is 0.795. The molecule has 0 saturated heterocycles. The van der Waals surface area contributed by atoms with Crippen molar-refractivity contribution in [3.63, 3.8) is 0 Å². The molecule has 0 spiro atoms. The van der Waals surface area contributed by atoms with Crippen molar-refractivity contribution in [2.45, 2.75) is 26.4 Å². The van der Waals surface area contributed by atoms with Crippen LogP contribution in [0.15, 0.2) is 36.4 Å². The third-order valence-corrected chi connectivity index (χ3v) is 3.97. The summed E-state index contributed by atoms with van der Waals surface area (Å²) in [6.07, 6.45) is 1.12. The van der Waals surface area contributed by atoms with Crippen LogP contribution >= 0.6 is 11.3 Å². The largest absolute Gasteiger partial charge is 0.398 e. The summed E-state index contributed by atoms with van der Waals surface area (Å²) in [4.78, 5) is 2.83. The molecule has 0 radical (unpaired) electrons. The van der Waals surface area contributed by atoms with Crippen molar-refractivity contribution in [2.24, 2.45) is 0 Å². The summed E-state index contributed by atoms with van der Waals surface area (Å²) in [6.45, 7) is 3.93. The Bertz CT molecular complexity index is 477. The van der Waals surface area contributed by atoms with Crippen LogP contribution in [0.1, 0.15) is 22.2 Å². The molecule has 2 rings (SSSR count). The van der Waals surface area contributed by atoms with Gasteiger partial charge in [0.05, 0.1) is 0 Å². The standard InChI is InChI=1S/C14H18N2S/c1-2-12-7-8-13(17-12)10-16-9-11-5-3-4-6-14(11)15/h3-8,16H,2,9-10,15H2,1H3.